The highest BCUT2D eigenvalue weighted by Gasteiger charge is 2.34. The molecule has 0 saturated heterocycles. The maximum atomic E-state index is 11.4. The minimum atomic E-state index is -3.90. The minimum absolute atomic E-state index is 0.0734. The molecule has 0 spiro atoms. The van der Waals surface area contributed by atoms with Crippen LogP contribution >= 0.6 is 7.60 Å². The first-order chi connectivity index (χ1) is 8.56. The van der Waals surface area contributed by atoms with E-state index in [0.717, 1.165) is 38.5 Å². The van der Waals surface area contributed by atoms with E-state index in [2.05, 4.69) is 24.3 Å². The molecule has 4 heteroatoms. The van der Waals surface area contributed by atoms with Gasteiger partial charge in [-0.1, -0.05) is 24.3 Å². The Hall–Kier alpha value is -0.370. The minimum Gasteiger partial charge on any atom is -0.324 e. The lowest BCUT2D eigenvalue weighted by molar-refractivity contribution is 0.210. The van der Waals surface area contributed by atoms with Crippen molar-refractivity contribution in [3.05, 3.63) is 24.3 Å². The van der Waals surface area contributed by atoms with E-state index >= 15 is 0 Å². The first-order valence-corrected chi connectivity index (χ1v) is 8.70. The van der Waals surface area contributed by atoms with Crippen LogP contribution in [0.2, 0.25) is 0 Å². The van der Waals surface area contributed by atoms with E-state index in [0.29, 0.717) is 11.8 Å². The largest absolute Gasteiger partial charge is 0.325 e. The first kappa shape index (κ1) is 14.0. The lowest BCUT2D eigenvalue weighted by Gasteiger charge is -2.35. The molecule has 0 saturated carbocycles. The summed E-state index contributed by atoms with van der Waals surface area (Å²) in [5, 5.41) is 0. The highest BCUT2D eigenvalue weighted by molar-refractivity contribution is 7.51. The summed E-state index contributed by atoms with van der Waals surface area (Å²) in [6.45, 7) is 0. The maximum absolute atomic E-state index is 11.4. The van der Waals surface area contributed by atoms with Crippen LogP contribution in [0.1, 0.15) is 38.5 Å². The van der Waals surface area contributed by atoms with E-state index in [1.807, 2.05) is 0 Å². The number of allylic oxidation sites excluding steroid dienone is 4. The van der Waals surface area contributed by atoms with Crippen LogP contribution in [-0.2, 0) is 4.57 Å². The normalized spacial score (nSPS) is 30.3. The summed E-state index contributed by atoms with van der Waals surface area (Å²) < 4.78 is 11.4. The summed E-state index contributed by atoms with van der Waals surface area (Å²) in [5.74, 6) is 1.10. The molecule has 0 aliphatic heterocycles. The van der Waals surface area contributed by atoms with Crippen molar-refractivity contribution in [3.8, 4) is 0 Å². The molecule has 2 atom stereocenters. The molecule has 2 unspecified atom stereocenters. The van der Waals surface area contributed by atoms with Gasteiger partial charge in [0.15, 0.2) is 0 Å². The monoisotopic (exact) mass is 270 g/mol. The van der Waals surface area contributed by atoms with Gasteiger partial charge in [0.2, 0.25) is 0 Å². The standard InChI is InChI=1S/C14H23O3P/c15-18(16,17)11-14(12-7-3-1-4-8-12)13-9-5-2-6-10-13/h1-3,5,12-14H,4,6-11H2,(H2,15,16,17). The van der Waals surface area contributed by atoms with Crippen LogP contribution in [0.5, 0.6) is 0 Å². The van der Waals surface area contributed by atoms with Crippen molar-refractivity contribution in [3.63, 3.8) is 0 Å². The molecule has 0 aromatic carbocycles. The molecule has 0 bridgehead atoms. The van der Waals surface area contributed by atoms with E-state index < -0.39 is 7.60 Å². The van der Waals surface area contributed by atoms with Gasteiger partial charge in [-0.2, -0.15) is 0 Å². The third kappa shape index (κ3) is 4.08. The number of hydrogen-bond donors (Lipinski definition) is 2. The van der Waals surface area contributed by atoms with Gasteiger partial charge in [-0.05, 0) is 56.3 Å². The smallest absolute Gasteiger partial charge is 0.324 e. The van der Waals surface area contributed by atoms with Gasteiger partial charge in [-0.3, -0.25) is 4.57 Å². The van der Waals surface area contributed by atoms with Crippen molar-refractivity contribution in [1.29, 1.82) is 0 Å². The molecule has 102 valence electrons. The fraction of sp³-hybridized carbons (Fsp3) is 0.714. The van der Waals surface area contributed by atoms with Crippen LogP contribution in [0.25, 0.3) is 0 Å². The number of rotatable bonds is 4. The van der Waals surface area contributed by atoms with Crippen LogP contribution in [0.4, 0.5) is 0 Å². The van der Waals surface area contributed by atoms with Gasteiger partial charge in [0, 0.05) is 0 Å². The van der Waals surface area contributed by atoms with Crippen LogP contribution in [-0.4, -0.2) is 15.9 Å². The van der Waals surface area contributed by atoms with Crippen molar-refractivity contribution in [2.75, 3.05) is 6.16 Å². The lowest BCUT2D eigenvalue weighted by atomic mass is 9.73. The molecule has 0 amide bonds. The Kier molecular flexibility index (Phi) is 4.83. The third-order valence-electron chi connectivity index (χ3n) is 4.28. The second-order valence-corrected chi connectivity index (χ2v) is 7.29. The Morgan fingerprint density at radius 3 is 1.83 bits per heavy atom. The van der Waals surface area contributed by atoms with Crippen molar-refractivity contribution < 1.29 is 14.4 Å². The summed E-state index contributed by atoms with van der Waals surface area (Å²) in [6.07, 6.45) is 15.1. The van der Waals surface area contributed by atoms with Crippen molar-refractivity contribution in [2.45, 2.75) is 38.5 Å². The van der Waals surface area contributed by atoms with E-state index in [1.54, 1.807) is 0 Å². The average molecular weight is 270 g/mol. The Morgan fingerprint density at radius 1 is 1.00 bits per heavy atom. The Bertz CT molecular complexity index is 345. The highest BCUT2D eigenvalue weighted by atomic mass is 31.2. The van der Waals surface area contributed by atoms with Crippen molar-refractivity contribution >= 4 is 7.60 Å². The molecule has 0 aromatic heterocycles. The second kappa shape index (κ2) is 6.18. The molecule has 0 radical (unpaired) electrons. The van der Waals surface area contributed by atoms with Crippen LogP contribution in [0.3, 0.4) is 0 Å². The van der Waals surface area contributed by atoms with E-state index in [1.165, 1.54) is 0 Å². The second-order valence-electron chi connectivity index (χ2n) is 5.60. The van der Waals surface area contributed by atoms with Gasteiger partial charge in [0.1, 0.15) is 0 Å². The van der Waals surface area contributed by atoms with Gasteiger partial charge in [-0.15, -0.1) is 0 Å². The van der Waals surface area contributed by atoms with Crippen LogP contribution < -0.4 is 0 Å². The van der Waals surface area contributed by atoms with Gasteiger partial charge < -0.3 is 9.79 Å². The fourth-order valence-corrected chi connectivity index (χ4v) is 4.51. The third-order valence-corrected chi connectivity index (χ3v) is 5.18. The fourth-order valence-electron chi connectivity index (χ4n) is 3.37. The predicted octanol–water partition coefficient (Wildman–Crippen LogP) is 3.49. The van der Waals surface area contributed by atoms with Crippen LogP contribution in [0, 0.1) is 17.8 Å². The molecule has 0 aromatic rings. The van der Waals surface area contributed by atoms with Crippen molar-refractivity contribution in [2.24, 2.45) is 17.8 Å². The van der Waals surface area contributed by atoms with Gasteiger partial charge in [-0.25, -0.2) is 0 Å². The first-order valence-electron chi connectivity index (χ1n) is 6.91. The summed E-state index contributed by atoms with van der Waals surface area (Å²) in [7, 11) is -3.90. The zero-order valence-electron chi connectivity index (χ0n) is 10.7. The Balaban J connectivity index is 2.08. The van der Waals surface area contributed by atoms with Gasteiger partial charge >= 0.3 is 7.60 Å². The summed E-state index contributed by atoms with van der Waals surface area (Å²) in [5.41, 5.74) is 0. The molecule has 2 rings (SSSR count). The van der Waals surface area contributed by atoms with Gasteiger partial charge in [0.25, 0.3) is 0 Å². The van der Waals surface area contributed by atoms with E-state index in [4.69, 9.17) is 0 Å². The van der Waals surface area contributed by atoms with E-state index in [-0.39, 0.29) is 12.1 Å². The SMILES string of the molecule is O=P(O)(O)CC(C1CC=CCC1)C1CC=CCC1. The zero-order valence-corrected chi connectivity index (χ0v) is 11.6. The predicted molar refractivity (Wildman–Crippen MR) is 73.4 cm³/mol. The van der Waals surface area contributed by atoms with Crippen LogP contribution in [0.15, 0.2) is 24.3 Å². The summed E-state index contributed by atoms with van der Waals surface area (Å²) in [6, 6.07) is 0. The molecular formula is C14H23O3P. The molecule has 0 fully saturated rings. The zero-order chi connectivity index (χ0) is 13.0. The topological polar surface area (TPSA) is 57.5 Å². The summed E-state index contributed by atoms with van der Waals surface area (Å²) in [4.78, 5) is 18.6. The molecule has 2 N–H and O–H groups in total. The van der Waals surface area contributed by atoms with Gasteiger partial charge in [0.05, 0.1) is 6.16 Å². The molecule has 2 aliphatic carbocycles. The molecule has 18 heavy (non-hydrogen) atoms. The Morgan fingerprint density at radius 2 is 1.50 bits per heavy atom. The Labute approximate surface area is 109 Å². The maximum Gasteiger partial charge on any atom is 0.325 e. The quantitative estimate of drug-likeness (QED) is 0.607. The molecule has 3 nitrogen and oxygen atoms in total. The number of hydrogen-bond acceptors (Lipinski definition) is 1. The van der Waals surface area contributed by atoms with Crippen molar-refractivity contribution in [1.82, 2.24) is 0 Å². The molecule has 2 aliphatic rings. The molecular weight excluding hydrogens is 247 g/mol. The lowest BCUT2D eigenvalue weighted by Crippen LogP contribution is -2.28. The molecule has 0 heterocycles. The van der Waals surface area contributed by atoms with E-state index in [9.17, 15) is 14.4 Å². The summed E-state index contributed by atoms with van der Waals surface area (Å²) >= 11 is 0. The average Bonchev–Trinajstić information content (AvgIpc) is 2.37. The highest BCUT2D eigenvalue weighted by Crippen LogP contribution is 2.46.